The molecule has 0 fully saturated rings. The van der Waals surface area contributed by atoms with E-state index in [1.54, 1.807) is 0 Å². The van der Waals surface area contributed by atoms with Crippen molar-refractivity contribution in [3.8, 4) is 33.9 Å². The third-order valence-corrected chi connectivity index (χ3v) is 8.25. The van der Waals surface area contributed by atoms with E-state index in [1.165, 1.54) is 22.3 Å². The van der Waals surface area contributed by atoms with Crippen LogP contribution in [0.2, 0.25) is 0 Å². The van der Waals surface area contributed by atoms with Crippen LogP contribution in [0.1, 0.15) is 37.8 Å². The van der Waals surface area contributed by atoms with Gasteiger partial charge in [-0.05, 0) is 60.4 Å². The molecule has 0 radical (unpaired) electrons. The maximum Gasteiger partial charge on any atom is 0.131 e. The third kappa shape index (κ3) is 3.42. The molecular formula is C35H28N2O. The summed E-state index contributed by atoms with van der Waals surface area (Å²) >= 11 is 0. The maximum absolute atomic E-state index is 6.38. The van der Waals surface area contributed by atoms with Crippen LogP contribution in [0, 0.1) is 0 Å². The fourth-order valence-corrected chi connectivity index (χ4v) is 6.14. The van der Waals surface area contributed by atoms with Gasteiger partial charge in [0.15, 0.2) is 0 Å². The van der Waals surface area contributed by atoms with Crippen LogP contribution in [0.25, 0.3) is 44.2 Å². The highest BCUT2D eigenvalue weighted by Crippen LogP contribution is 2.52. The zero-order valence-corrected chi connectivity index (χ0v) is 21.6. The number of fused-ring (bicyclic) bond motifs is 5. The summed E-state index contributed by atoms with van der Waals surface area (Å²) in [7, 11) is 0. The van der Waals surface area contributed by atoms with Crippen LogP contribution >= 0.6 is 0 Å². The lowest BCUT2D eigenvalue weighted by molar-refractivity contribution is 0.375. The molecule has 184 valence electrons. The Labute approximate surface area is 222 Å². The van der Waals surface area contributed by atoms with Crippen molar-refractivity contribution in [3.05, 3.63) is 120 Å². The van der Waals surface area contributed by atoms with Crippen molar-refractivity contribution >= 4 is 21.8 Å². The molecule has 0 aliphatic carbocycles. The van der Waals surface area contributed by atoms with E-state index in [0.29, 0.717) is 0 Å². The quantitative estimate of drug-likeness (QED) is 0.230. The maximum atomic E-state index is 6.38. The number of rotatable bonds is 4. The van der Waals surface area contributed by atoms with E-state index >= 15 is 0 Å². The molecule has 0 saturated carbocycles. The average molecular weight is 493 g/mol. The first-order valence-electron chi connectivity index (χ1n) is 13.4. The van der Waals surface area contributed by atoms with Gasteiger partial charge in [-0.1, -0.05) is 80.6 Å². The Morgan fingerprint density at radius 3 is 2.21 bits per heavy atom. The summed E-state index contributed by atoms with van der Waals surface area (Å²) in [6.45, 7) is 4.57. The largest absolute Gasteiger partial charge is 0.457 e. The third-order valence-electron chi connectivity index (χ3n) is 8.25. The predicted octanol–water partition coefficient (Wildman–Crippen LogP) is 9.33. The van der Waals surface area contributed by atoms with E-state index in [0.717, 1.165) is 57.4 Å². The normalized spacial score (nSPS) is 13.6. The minimum Gasteiger partial charge on any atom is -0.457 e. The van der Waals surface area contributed by atoms with Gasteiger partial charge < -0.3 is 4.74 Å². The van der Waals surface area contributed by atoms with Crippen molar-refractivity contribution in [3.63, 3.8) is 0 Å². The summed E-state index contributed by atoms with van der Waals surface area (Å²) in [4.78, 5) is 9.69. The fraction of sp³-hybridized carbons (Fsp3) is 0.143. The Morgan fingerprint density at radius 2 is 1.34 bits per heavy atom. The molecule has 38 heavy (non-hydrogen) atoms. The van der Waals surface area contributed by atoms with E-state index in [2.05, 4.69) is 116 Å². The molecule has 0 amide bonds. The van der Waals surface area contributed by atoms with Crippen molar-refractivity contribution in [2.75, 3.05) is 0 Å². The number of benzene rings is 4. The first-order valence-corrected chi connectivity index (χ1v) is 13.4. The summed E-state index contributed by atoms with van der Waals surface area (Å²) in [6, 6.07) is 36.3. The number of nitrogens with zero attached hydrogens (tertiary/aromatic N) is 2. The van der Waals surface area contributed by atoms with Crippen molar-refractivity contribution in [1.82, 2.24) is 9.97 Å². The molecule has 6 aromatic rings. The van der Waals surface area contributed by atoms with Crippen molar-refractivity contribution in [2.24, 2.45) is 0 Å². The fourth-order valence-electron chi connectivity index (χ4n) is 6.14. The molecule has 2 aromatic heterocycles. The van der Waals surface area contributed by atoms with Gasteiger partial charge in [-0.2, -0.15) is 0 Å². The van der Waals surface area contributed by atoms with Crippen LogP contribution in [0.5, 0.6) is 11.5 Å². The zero-order chi connectivity index (χ0) is 25.7. The summed E-state index contributed by atoms with van der Waals surface area (Å²) < 4.78 is 6.38. The van der Waals surface area contributed by atoms with Gasteiger partial charge >= 0.3 is 0 Å². The highest BCUT2D eigenvalue weighted by molar-refractivity contribution is 6.03. The van der Waals surface area contributed by atoms with Gasteiger partial charge in [0.25, 0.3) is 0 Å². The van der Waals surface area contributed by atoms with Gasteiger partial charge in [0.1, 0.15) is 11.5 Å². The van der Waals surface area contributed by atoms with E-state index in [9.17, 15) is 0 Å². The molecule has 3 heterocycles. The molecule has 0 N–H and O–H groups in total. The van der Waals surface area contributed by atoms with Crippen LogP contribution in [-0.4, -0.2) is 9.97 Å². The van der Waals surface area contributed by atoms with Crippen LogP contribution < -0.4 is 4.74 Å². The second-order valence-electron chi connectivity index (χ2n) is 10.1. The Kier molecular flexibility index (Phi) is 5.26. The van der Waals surface area contributed by atoms with Gasteiger partial charge in [-0.15, -0.1) is 0 Å². The number of ether oxygens (including phenoxy) is 1. The highest BCUT2D eigenvalue weighted by Gasteiger charge is 2.39. The lowest BCUT2D eigenvalue weighted by Crippen LogP contribution is -2.30. The second kappa shape index (κ2) is 8.81. The smallest absolute Gasteiger partial charge is 0.131 e. The van der Waals surface area contributed by atoms with E-state index in [4.69, 9.17) is 9.72 Å². The number of hydrogen-bond donors (Lipinski definition) is 0. The molecule has 0 saturated heterocycles. The molecular weight excluding hydrogens is 464 g/mol. The monoisotopic (exact) mass is 492 g/mol. The Bertz CT molecular complexity index is 1830. The standard InChI is InChI=1S/C35H28N2O/c1-3-35(4-2)28-12-5-6-13-31(28)38-32-19-17-26(22-29(32)35)25-9-7-10-27(21-25)30-18-16-24-15-14-23-11-8-20-36-33(23)34(24)37-30/h5-22H,3-4H2,1-2H3. The molecule has 0 spiro atoms. The molecule has 1 aliphatic rings. The van der Waals surface area contributed by atoms with Crippen LogP contribution in [0.3, 0.4) is 0 Å². The number of aromatic nitrogens is 2. The van der Waals surface area contributed by atoms with Gasteiger partial charge in [0, 0.05) is 39.1 Å². The highest BCUT2D eigenvalue weighted by atomic mass is 16.5. The summed E-state index contributed by atoms with van der Waals surface area (Å²) in [5, 5.41) is 2.20. The van der Waals surface area contributed by atoms with Crippen LogP contribution in [0.15, 0.2) is 109 Å². The number of hydrogen-bond acceptors (Lipinski definition) is 3. The SMILES string of the molecule is CCC1(CC)c2ccccc2Oc2ccc(-c3cccc(-c4ccc5ccc6cccnc6c5n4)c3)cc21. The minimum absolute atomic E-state index is 0.0637. The predicted molar refractivity (Wildman–Crippen MR) is 156 cm³/mol. The topological polar surface area (TPSA) is 35.0 Å². The molecule has 0 unspecified atom stereocenters. The van der Waals surface area contributed by atoms with Crippen molar-refractivity contribution < 1.29 is 4.74 Å². The lowest BCUT2D eigenvalue weighted by atomic mass is 9.68. The van der Waals surface area contributed by atoms with E-state index < -0.39 is 0 Å². The van der Waals surface area contributed by atoms with Gasteiger partial charge in [0.2, 0.25) is 0 Å². The van der Waals surface area contributed by atoms with Crippen LogP contribution in [-0.2, 0) is 5.41 Å². The number of pyridine rings is 2. The van der Waals surface area contributed by atoms with Gasteiger partial charge in [0.05, 0.1) is 16.7 Å². The van der Waals surface area contributed by atoms with Crippen molar-refractivity contribution in [2.45, 2.75) is 32.1 Å². The summed E-state index contributed by atoms with van der Waals surface area (Å²) in [5.41, 5.74) is 8.76. The average Bonchev–Trinajstić information content (AvgIpc) is 2.99. The molecule has 4 aromatic carbocycles. The first kappa shape index (κ1) is 22.7. The molecule has 7 rings (SSSR count). The van der Waals surface area contributed by atoms with E-state index in [1.807, 2.05) is 12.3 Å². The summed E-state index contributed by atoms with van der Waals surface area (Å²) in [6.07, 6.45) is 3.87. The lowest BCUT2D eigenvalue weighted by Gasteiger charge is -2.39. The molecule has 3 heteroatoms. The molecule has 1 aliphatic heterocycles. The molecule has 0 bridgehead atoms. The number of para-hydroxylation sites is 1. The second-order valence-corrected chi connectivity index (χ2v) is 10.1. The Balaban J connectivity index is 1.34. The first-order chi connectivity index (χ1) is 18.7. The van der Waals surface area contributed by atoms with Crippen LogP contribution in [0.4, 0.5) is 0 Å². The van der Waals surface area contributed by atoms with Gasteiger partial charge in [-0.3, -0.25) is 4.98 Å². The van der Waals surface area contributed by atoms with E-state index in [-0.39, 0.29) is 5.41 Å². The molecule has 3 nitrogen and oxygen atoms in total. The van der Waals surface area contributed by atoms with Crippen molar-refractivity contribution in [1.29, 1.82) is 0 Å². The van der Waals surface area contributed by atoms with Gasteiger partial charge in [-0.25, -0.2) is 4.98 Å². The Morgan fingerprint density at radius 1 is 0.605 bits per heavy atom. The zero-order valence-electron chi connectivity index (χ0n) is 21.6. The molecule has 0 atom stereocenters. The minimum atomic E-state index is -0.0637. The Hall–Kier alpha value is -4.50. The summed E-state index contributed by atoms with van der Waals surface area (Å²) in [5.74, 6) is 1.94.